The second kappa shape index (κ2) is 4.99. The molecule has 14 heavy (non-hydrogen) atoms. The fraction of sp³-hybridized carbons (Fsp3) is 0.286. The number of nitrogens with one attached hydrogen (secondary N) is 1. The van der Waals surface area contributed by atoms with Crippen LogP contribution in [0.15, 0.2) is 23.4 Å². The van der Waals surface area contributed by atoms with Crippen molar-refractivity contribution in [3.05, 3.63) is 24.1 Å². The van der Waals surface area contributed by atoms with E-state index in [9.17, 15) is 12.8 Å². The zero-order valence-corrected chi connectivity index (χ0v) is 10.0. The van der Waals surface area contributed by atoms with E-state index >= 15 is 0 Å². The molecule has 4 nitrogen and oxygen atoms in total. The van der Waals surface area contributed by atoms with E-state index in [1.54, 1.807) is 0 Å². The summed E-state index contributed by atoms with van der Waals surface area (Å²) in [6.07, 6.45) is 1.24. The van der Waals surface area contributed by atoms with E-state index in [0.717, 1.165) is 6.07 Å². The molecule has 1 aromatic rings. The number of pyridine rings is 1. The molecule has 0 atom stereocenters. The Morgan fingerprint density at radius 2 is 2.29 bits per heavy atom. The van der Waals surface area contributed by atoms with E-state index in [4.69, 9.17) is 0 Å². The van der Waals surface area contributed by atoms with Gasteiger partial charge in [-0.15, -0.1) is 0 Å². The highest BCUT2D eigenvalue weighted by atomic mass is 127. The molecule has 1 N–H and O–H groups in total. The van der Waals surface area contributed by atoms with Gasteiger partial charge in [0.15, 0.2) is 5.82 Å². The topological polar surface area (TPSA) is 59.1 Å². The summed E-state index contributed by atoms with van der Waals surface area (Å²) in [7, 11) is -3.79. The van der Waals surface area contributed by atoms with Crippen LogP contribution in [0.4, 0.5) is 4.39 Å². The molecular formula is C7H8FIN2O2S. The maximum Gasteiger partial charge on any atom is 0.261 e. The molecule has 0 amide bonds. The normalized spacial score (nSPS) is 11.6. The lowest BCUT2D eigenvalue weighted by atomic mass is 10.5. The monoisotopic (exact) mass is 330 g/mol. The number of hydrogen-bond donors (Lipinski definition) is 1. The van der Waals surface area contributed by atoms with Crippen molar-refractivity contribution in [2.24, 2.45) is 0 Å². The van der Waals surface area contributed by atoms with Crippen LogP contribution in [0.25, 0.3) is 0 Å². The average Bonchev–Trinajstić information content (AvgIpc) is 2.15. The van der Waals surface area contributed by atoms with Crippen molar-refractivity contribution in [1.82, 2.24) is 9.71 Å². The number of sulfonamides is 1. The fourth-order valence-corrected chi connectivity index (χ4v) is 2.48. The van der Waals surface area contributed by atoms with Crippen molar-refractivity contribution in [2.45, 2.75) is 5.03 Å². The second-order valence-electron chi connectivity index (χ2n) is 2.38. The lowest BCUT2D eigenvalue weighted by molar-refractivity contribution is 0.546. The van der Waals surface area contributed by atoms with Crippen molar-refractivity contribution in [3.63, 3.8) is 0 Å². The molecule has 0 aliphatic heterocycles. The van der Waals surface area contributed by atoms with Gasteiger partial charge in [-0.1, -0.05) is 22.6 Å². The Bertz CT molecular complexity index is 410. The molecule has 7 heteroatoms. The van der Waals surface area contributed by atoms with Gasteiger partial charge in [-0.25, -0.2) is 22.5 Å². The Balaban J connectivity index is 2.99. The van der Waals surface area contributed by atoms with E-state index in [1.807, 2.05) is 22.6 Å². The summed E-state index contributed by atoms with van der Waals surface area (Å²) in [5.74, 6) is -0.839. The molecule has 0 unspecified atom stereocenters. The summed E-state index contributed by atoms with van der Waals surface area (Å²) in [5, 5.41) is -0.551. The zero-order chi connectivity index (χ0) is 10.6. The predicted molar refractivity (Wildman–Crippen MR) is 58.3 cm³/mol. The summed E-state index contributed by atoms with van der Waals surface area (Å²) >= 11 is 2.01. The van der Waals surface area contributed by atoms with Crippen LogP contribution in [0.1, 0.15) is 0 Å². The molecule has 0 saturated heterocycles. The number of alkyl halides is 1. The van der Waals surface area contributed by atoms with Gasteiger partial charge in [0.05, 0.1) is 0 Å². The highest BCUT2D eigenvalue weighted by Gasteiger charge is 2.19. The first-order chi connectivity index (χ1) is 6.58. The Morgan fingerprint density at radius 3 is 2.86 bits per heavy atom. The van der Waals surface area contributed by atoms with Gasteiger partial charge in [-0.05, 0) is 12.1 Å². The van der Waals surface area contributed by atoms with Crippen molar-refractivity contribution in [2.75, 3.05) is 11.0 Å². The van der Waals surface area contributed by atoms with Crippen molar-refractivity contribution >= 4 is 32.6 Å². The molecule has 0 aliphatic carbocycles. The fourth-order valence-electron chi connectivity index (χ4n) is 0.810. The van der Waals surface area contributed by atoms with Gasteiger partial charge in [0.2, 0.25) is 5.03 Å². The first-order valence-corrected chi connectivity index (χ1v) is 6.75. The highest BCUT2D eigenvalue weighted by Crippen LogP contribution is 2.09. The third-order valence-corrected chi connectivity index (χ3v) is 3.30. The molecule has 1 heterocycles. The van der Waals surface area contributed by atoms with Crippen LogP contribution in [-0.2, 0) is 10.0 Å². The van der Waals surface area contributed by atoms with Crippen molar-refractivity contribution < 1.29 is 12.8 Å². The summed E-state index contributed by atoms with van der Waals surface area (Å²) in [5.41, 5.74) is 0. The zero-order valence-electron chi connectivity index (χ0n) is 7.07. The quantitative estimate of drug-likeness (QED) is 0.660. The summed E-state index contributed by atoms with van der Waals surface area (Å²) in [4.78, 5) is 3.47. The smallest absolute Gasteiger partial charge is 0.241 e. The molecule has 0 fully saturated rings. The number of rotatable bonds is 4. The van der Waals surface area contributed by atoms with E-state index in [1.165, 1.54) is 12.3 Å². The maximum atomic E-state index is 13.0. The molecular weight excluding hydrogens is 322 g/mol. The standard InChI is InChI=1S/C7H8FIN2O2S/c8-6-2-1-4-10-7(6)14(12,13)11-5-3-9/h1-2,4,11H,3,5H2. The van der Waals surface area contributed by atoms with Crippen LogP contribution in [0.5, 0.6) is 0 Å². The Kier molecular flexibility index (Phi) is 4.20. The number of halogens is 2. The average molecular weight is 330 g/mol. The van der Waals surface area contributed by atoms with Crippen LogP contribution in [0, 0.1) is 5.82 Å². The first-order valence-electron chi connectivity index (χ1n) is 3.74. The van der Waals surface area contributed by atoms with Crippen LogP contribution in [0.2, 0.25) is 0 Å². The SMILES string of the molecule is O=S(=O)(NCCI)c1ncccc1F. The van der Waals surface area contributed by atoms with Gasteiger partial charge >= 0.3 is 0 Å². The molecule has 0 aromatic carbocycles. The maximum absolute atomic E-state index is 13.0. The molecule has 0 saturated carbocycles. The lowest BCUT2D eigenvalue weighted by Gasteiger charge is -2.04. The van der Waals surface area contributed by atoms with Gasteiger partial charge in [0.1, 0.15) is 0 Å². The third kappa shape index (κ3) is 2.85. The van der Waals surface area contributed by atoms with Crippen LogP contribution in [0.3, 0.4) is 0 Å². The number of hydrogen-bond acceptors (Lipinski definition) is 3. The van der Waals surface area contributed by atoms with Gasteiger partial charge in [-0.3, -0.25) is 0 Å². The first kappa shape index (κ1) is 11.8. The van der Waals surface area contributed by atoms with Crippen LogP contribution >= 0.6 is 22.6 Å². The van der Waals surface area contributed by atoms with E-state index in [-0.39, 0.29) is 6.54 Å². The largest absolute Gasteiger partial charge is 0.261 e. The van der Waals surface area contributed by atoms with Gasteiger partial charge in [0, 0.05) is 17.2 Å². The Labute approximate surface area is 95.1 Å². The van der Waals surface area contributed by atoms with Gasteiger partial charge < -0.3 is 0 Å². The Hall–Kier alpha value is -0.280. The molecule has 78 valence electrons. The molecule has 0 bridgehead atoms. The third-order valence-electron chi connectivity index (χ3n) is 1.37. The summed E-state index contributed by atoms with van der Waals surface area (Å²) in [6.45, 7) is 0.263. The number of aromatic nitrogens is 1. The predicted octanol–water partition coefficient (Wildman–Crippen LogP) is 0.934. The van der Waals surface area contributed by atoms with E-state index < -0.39 is 20.9 Å². The summed E-state index contributed by atoms with van der Waals surface area (Å²) < 4.78 is 38.7. The Morgan fingerprint density at radius 1 is 1.57 bits per heavy atom. The highest BCUT2D eigenvalue weighted by molar-refractivity contribution is 14.1. The van der Waals surface area contributed by atoms with E-state index in [0.29, 0.717) is 4.43 Å². The molecule has 0 aliphatic rings. The van der Waals surface area contributed by atoms with Crippen LogP contribution in [-0.4, -0.2) is 24.4 Å². The minimum atomic E-state index is -3.79. The van der Waals surface area contributed by atoms with Crippen molar-refractivity contribution in [1.29, 1.82) is 0 Å². The van der Waals surface area contributed by atoms with Crippen molar-refractivity contribution in [3.8, 4) is 0 Å². The minimum Gasteiger partial charge on any atom is -0.241 e. The molecule has 1 rings (SSSR count). The minimum absolute atomic E-state index is 0.263. The molecule has 0 spiro atoms. The second-order valence-corrected chi connectivity index (χ2v) is 5.14. The van der Waals surface area contributed by atoms with Gasteiger partial charge in [0.25, 0.3) is 10.0 Å². The molecule has 0 radical (unpaired) electrons. The van der Waals surface area contributed by atoms with Gasteiger partial charge in [-0.2, -0.15) is 0 Å². The van der Waals surface area contributed by atoms with E-state index in [2.05, 4.69) is 9.71 Å². The van der Waals surface area contributed by atoms with Crippen LogP contribution < -0.4 is 4.72 Å². The lowest BCUT2D eigenvalue weighted by Crippen LogP contribution is -2.27. The summed E-state index contributed by atoms with van der Waals surface area (Å²) in [6, 6.07) is 2.40. The number of nitrogens with zero attached hydrogens (tertiary/aromatic N) is 1. The molecule has 1 aromatic heterocycles.